The van der Waals surface area contributed by atoms with Gasteiger partial charge in [-0.15, -0.1) is 0 Å². The quantitative estimate of drug-likeness (QED) is 0.871. The molecule has 2 nitrogen and oxygen atoms in total. The van der Waals surface area contributed by atoms with Crippen molar-refractivity contribution in [2.24, 2.45) is 0 Å². The molecule has 1 aromatic carbocycles. The van der Waals surface area contributed by atoms with Gasteiger partial charge in [-0.2, -0.15) is 0 Å². The number of nitrogens with one attached hydrogen (secondary N) is 1. The second-order valence-corrected chi connectivity index (χ2v) is 5.06. The minimum atomic E-state index is 0.410. The first kappa shape index (κ1) is 10.4. The van der Waals surface area contributed by atoms with Gasteiger partial charge in [-0.25, -0.2) is 0 Å². The van der Waals surface area contributed by atoms with Crippen LogP contribution in [0.25, 0.3) is 0 Å². The standard InChI is InChI=1S/C13H16ClNO/c14-11-8-9(12-2-1-7-15-12)3-6-13(11)16-10-4-5-10/h3,6,8,10,12,15H,1-2,4-5,7H2. The van der Waals surface area contributed by atoms with Crippen LogP contribution in [0.5, 0.6) is 5.75 Å². The first-order valence-electron chi connectivity index (χ1n) is 6.02. The van der Waals surface area contributed by atoms with E-state index in [-0.39, 0.29) is 0 Å². The predicted octanol–water partition coefficient (Wildman–Crippen LogP) is 3.31. The van der Waals surface area contributed by atoms with Gasteiger partial charge in [0.25, 0.3) is 0 Å². The Bertz CT molecular complexity index is 384. The van der Waals surface area contributed by atoms with Gasteiger partial charge in [-0.05, 0) is 49.9 Å². The maximum Gasteiger partial charge on any atom is 0.138 e. The Morgan fingerprint density at radius 3 is 2.75 bits per heavy atom. The average Bonchev–Trinajstić information content (AvgIpc) is 2.94. The fraction of sp³-hybridized carbons (Fsp3) is 0.538. The van der Waals surface area contributed by atoms with E-state index in [2.05, 4.69) is 11.4 Å². The van der Waals surface area contributed by atoms with Gasteiger partial charge in [0, 0.05) is 6.04 Å². The number of ether oxygens (including phenoxy) is 1. The van der Waals surface area contributed by atoms with Crippen molar-refractivity contribution in [1.29, 1.82) is 0 Å². The van der Waals surface area contributed by atoms with Crippen LogP contribution < -0.4 is 10.1 Å². The molecule has 1 N–H and O–H groups in total. The molecule has 0 radical (unpaired) electrons. The van der Waals surface area contributed by atoms with Gasteiger partial charge >= 0.3 is 0 Å². The van der Waals surface area contributed by atoms with E-state index >= 15 is 0 Å². The molecule has 1 unspecified atom stereocenters. The maximum atomic E-state index is 6.23. The zero-order valence-corrected chi connectivity index (χ0v) is 9.96. The molecule has 0 amide bonds. The van der Waals surface area contributed by atoms with Gasteiger partial charge in [-0.1, -0.05) is 17.7 Å². The summed E-state index contributed by atoms with van der Waals surface area (Å²) in [4.78, 5) is 0. The van der Waals surface area contributed by atoms with Crippen LogP contribution >= 0.6 is 11.6 Å². The van der Waals surface area contributed by atoms with Crippen molar-refractivity contribution < 1.29 is 4.74 Å². The van der Waals surface area contributed by atoms with Gasteiger partial charge in [0.1, 0.15) is 5.75 Å². The summed E-state index contributed by atoms with van der Waals surface area (Å²) in [6.07, 6.45) is 5.21. The molecule has 0 aromatic heterocycles. The van der Waals surface area contributed by atoms with E-state index in [1.54, 1.807) is 0 Å². The van der Waals surface area contributed by atoms with Crippen molar-refractivity contribution in [2.75, 3.05) is 6.54 Å². The topological polar surface area (TPSA) is 21.3 Å². The molecule has 2 fully saturated rings. The maximum absolute atomic E-state index is 6.23. The summed E-state index contributed by atoms with van der Waals surface area (Å²) in [7, 11) is 0. The van der Waals surface area contributed by atoms with E-state index in [9.17, 15) is 0 Å². The molecule has 3 rings (SSSR count). The minimum Gasteiger partial charge on any atom is -0.489 e. The highest BCUT2D eigenvalue weighted by molar-refractivity contribution is 6.32. The van der Waals surface area contributed by atoms with Gasteiger partial charge < -0.3 is 10.1 Å². The van der Waals surface area contributed by atoms with Crippen LogP contribution in [-0.4, -0.2) is 12.6 Å². The van der Waals surface area contributed by atoms with Crippen molar-refractivity contribution in [3.05, 3.63) is 28.8 Å². The number of hydrogen-bond donors (Lipinski definition) is 1. The fourth-order valence-corrected chi connectivity index (χ4v) is 2.40. The third-order valence-electron chi connectivity index (χ3n) is 3.24. The molecule has 1 saturated carbocycles. The van der Waals surface area contributed by atoms with Gasteiger partial charge in [-0.3, -0.25) is 0 Å². The normalized spacial score (nSPS) is 24.7. The summed E-state index contributed by atoms with van der Waals surface area (Å²) >= 11 is 6.23. The molecular formula is C13H16ClNO. The molecule has 1 saturated heterocycles. The Morgan fingerprint density at radius 1 is 1.25 bits per heavy atom. The Kier molecular flexibility index (Phi) is 2.78. The summed E-state index contributed by atoms with van der Waals surface area (Å²) in [6, 6.07) is 6.66. The Hall–Kier alpha value is -0.730. The lowest BCUT2D eigenvalue weighted by Gasteiger charge is -2.13. The monoisotopic (exact) mass is 237 g/mol. The molecule has 1 atom stereocenters. The third-order valence-corrected chi connectivity index (χ3v) is 3.53. The molecule has 86 valence electrons. The second-order valence-electron chi connectivity index (χ2n) is 4.66. The number of benzene rings is 1. The first-order valence-corrected chi connectivity index (χ1v) is 6.40. The van der Waals surface area contributed by atoms with Crippen molar-refractivity contribution in [1.82, 2.24) is 5.32 Å². The van der Waals surface area contributed by atoms with Gasteiger partial charge in [0.2, 0.25) is 0 Å². The SMILES string of the molecule is Clc1cc(C2CCCN2)ccc1OC1CC1. The Morgan fingerprint density at radius 2 is 2.12 bits per heavy atom. The van der Waals surface area contributed by atoms with Crippen molar-refractivity contribution in [3.8, 4) is 5.75 Å². The first-order chi connectivity index (χ1) is 7.83. The number of hydrogen-bond acceptors (Lipinski definition) is 2. The highest BCUT2D eigenvalue weighted by atomic mass is 35.5. The number of rotatable bonds is 3. The highest BCUT2D eigenvalue weighted by Crippen LogP contribution is 2.34. The Labute approximate surface area is 101 Å². The van der Waals surface area contributed by atoms with E-state index in [0.29, 0.717) is 12.1 Å². The predicted molar refractivity (Wildman–Crippen MR) is 65.1 cm³/mol. The molecular weight excluding hydrogens is 222 g/mol. The Balaban J connectivity index is 1.77. The molecule has 1 heterocycles. The third kappa shape index (κ3) is 2.18. The zero-order valence-electron chi connectivity index (χ0n) is 9.21. The van der Waals surface area contributed by atoms with Crippen LogP contribution in [0.3, 0.4) is 0 Å². The van der Waals surface area contributed by atoms with Crippen molar-refractivity contribution in [3.63, 3.8) is 0 Å². The molecule has 1 aromatic rings. The van der Waals surface area contributed by atoms with E-state index in [1.807, 2.05) is 12.1 Å². The van der Waals surface area contributed by atoms with Crippen LogP contribution in [0.4, 0.5) is 0 Å². The van der Waals surface area contributed by atoms with Gasteiger partial charge in [0.15, 0.2) is 0 Å². The fourth-order valence-electron chi connectivity index (χ4n) is 2.16. The molecule has 1 aliphatic carbocycles. The van der Waals surface area contributed by atoms with Crippen molar-refractivity contribution >= 4 is 11.6 Å². The summed E-state index contributed by atoms with van der Waals surface area (Å²) in [5.41, 5.74) is 1.28. The largest absolute Gasteiger partial charge is 0.489 e. The van der Waals surface area contributed by atoms with E-state index in [1.165, 1.54) is 31.2 Å². The molecule has 16 heavy (non-hydrogen) atoms. The second kappa shape index (κ2) is 4.27. The minimum absolute atomic E-state index is 0.410. The lowest BCUT2D eigenvalue weighted by Crippen LogP contribution is -2.12. The summed E-state index contributed by atoms with van der Waals surface area (Å²) < 4.78 is 5.72. The highest BCUT2D eigenvalue weighted by Gasteiger charge is 2.25. The zero-order chi connectivity index (χ0) is 11.0. The van der Waals surface area contributed by atoms with Crippen molar-refractivity contribution in [2.45, 2.75) is 37.8 Å². The summed E-state index contributed by atoms with van der Waals surface area (Å²) in [5, 5.41) is 4.22. The lowest BCUT2D eigenvalue weighted by molar-refractivity contribution is 0.303. The van der Waals surface area contributed by atoms with Crippen LogP contribution in [-0.2, 0) is 0 Å². The van der Waals surface area contributed by atoms with Gasteiger partial charge in [0.05, 0.1) is 11.1 Å². The molecule has 1 aliphatic heterocycles. The van der Waals surface area contributed by atoms with E-state index in [0.717, 1.165) is 17.3 Å². The smallest absolute Gasteiger partial charge is 0.138 e. The molecule has 3 heteroatoms. The number of halogens is 1. The molecule has 0 bridgehead atoms. The van der Waals surface area contributed by atoms with Crippen LogP contribution in [0.1, 0.15) is 37.3 Å². The summed E-state index contributed by atoms with van der Waals surface area (Å²) in [5.74, 6) is 0.839. The van der Waals surface area contributed by atoms with E-state index < -0.39 is 0 Å². The molecule has 0 spiro atoms. The van der Waals surface area contributed by atoms with Crippen LogP contribution in [0, 0.1) is 0 Å². The van der Waals surface area contributed by atoms with Crippen LogP contribution in [0.15, 0.2) is 18.2 Å². The van der Waals surface area contributed by atoms with Crippen LogP contribution in [0.2, 0.25) is 5.02 Å². The molecule has 2 aliphatic rings. The lowest BCUT2D eigenvalue weighted by atomic mass is 10.1. The average molecular weight is 238 g/mol. The summed E-state index contributed by atoms with van der Waals surface area (Å²) in [6.45, 7) is 1.11. The van der Waals surface area contributed by atoms with E-state index in [4.69, 9.17) is 16.3 Å².